The van der Waals surface area contributed by atoms with E-state index in [1.807, 2.05) is 26.0 Å². The number of carbonyl (C=O) groups is 1. The normalized spacial score (nSPS) is 19.6. The van der Waals surface area contributed by atoms with Gasteiger partial charge in [0.25, 0.3) is 0 Å². The van der Waals surface area contributed by atoms with Crippen LogP contribution in [-0.4, -0.2) is 48.9 Å². The van der Waals surface area contributed by atoms with Gasteiger partial charge in [-0.25, -0.2) is 17.9 Å². The summed E-state index contributed by atoms with van der Waals surface area (Å²) >= 11 is 1.53. The Morgan fingerprint density at radius 2 is 1.90 bits per heavy atom. The van der Waals surface area contributed by atoms with Crippen LogP contribution in [0.4, 0.5) is 10.5 Å². The van der Waals surface area contributed by atoms with Gasteiger partial charge in [0, 0.05) is 41.0 Å². The van der Waals surface area contributed by atoms with Crippen molar-refractivity contribution in [2.45, 2.75) is 64.7 Å². The van der Waals surface area contributed by atoms with Crippen LogP contribution in [0, 0.1) is 0 Å². The molecule has 1 unspecified atom stereocenters. The highest BCUT2D eigenvalue weighted by molar-refractivity contribution is 8.14. The number of thioether (sulfide) groups is 1. The summed E-state index contributed by atoms with van der Waals surface area (Å²) in [5, 5.41) is 6.34. The highest BCUT2D eigenvalue weighted by Gasteiger charge is 2.30. The molecule has 31 heavy (non-hydrogen) atoms. The van der Waals surface area contributed by atoms with Gasteiger partial charge in [-0.15, -0.1) is 11.8 Å². The molecule has 1 aliphatic rings. The smallest absolute Gasteiger partial charge is 0.319 e. The van der Waals surface area contributed by atoms with E-state index in [0.717, 1.165) is 10.6 Å². The summed E-state index contributed by atoms with van der Waals surface area (Å²) in [6.45, 7) is 12.9. The first-order chi connectivity index (χ1) is 14.3. The van der Waals surface area contributed by atoms with E-state index in [-0.39, 0.29) is 35.5 Å². The molecule has 2 atom stereocenters. The topological polar surface area (TPSA) is 126 Å². The van der Waals surface area contributed by atoms with Gasteiger partial charge in [-0.2, -0.15) is 0 Å². The molecule has 0 spiro atoms. The van der Waals surface area contributed by atoms with E-state index in [1.165, 1.54) is 11.8 Å². The number of nitrogens with zero attached hydrogens (tertiary/aromatic N) is 1. The Kier molecular flexibility index (Phi) is 8.32. The minimum atomic E-state index is -3.67. The zero-order chi connectivity index (χ0) is 23.4. The number of rotatable bonds is 7. The van der Waals surface area contributed by atoms with Crippen LogP contribution < -0.4 is 21.1 Å². The van der Waals surface area contributed by atoms with Crippen LogP contribution in [0.1, 0.15) is 46.6 Å². The summed E-state index contributed by atoms with van der Waals surface area (Å²) < 4.78 is 27.7. The Balaban J connectivity index is 2.11. The van der Waals surface area contributed by atoms with Crippen LogP contribution in [0.5, 0.6) is 0 Å². The predicted molar refractivity (Wildman–Crippen MR) is 130 cm³/mol. The summed E-state index contributed by atoms with van der Waals surface area (Å²) in [5.41, 5.74) is 7.18. The number of amides is 2. The summed E-state index contributed by atoms with van der Waals surface area (Å²) in [5.74, 6) is 0.625. The molecule has 0 aromatic heterocycles. The maximum absolute atomic E-state index is 12.5. The molecule has 0 fully saturated rings. The van der Waals surface area contributed by atoms with Crippen LogP contribution >= 0.6 is 11.8 Å². The van der Waals surface area contributed by atoms with Gasteiger partial charge in [0.05, 0.1) is 16.0 Å². The minimum absolute atomic E-state index is 0.0468. The fourth-order valence-electron chi connectivity index (χ4n) is 2.87. The largest absolute Gasteiger partial charge is 0.336 e. The quantitative estimate of drug-likeness (QED) is 0.490. The first kappa shape index (κ1) is 25.4. The average molecular weight is 468 g/mol. The van der Waals surface area contributed by atoms with E-state index in [2.05, 4.69) is 21.9 Å². The molecular weight excluding hydrogens is 434 g/mol. The third-order valence-corrected chi connectivity index (χ3v) is 7.23. The Bertz CT molecular complexity index is 935. The Hall–Kier alpha value is -1.88. The van der Waals surface area contributed by atoms with E-state index >= 15 is 0 Å². The van der Waals surface area contributed by atoms with E-state index < -0.39 is 15.6 Å². The molecule has 172 valence electrons. The standard InChI is InChI=1S/C21H33N5O3S2/c1-13(2)23-20(27)24-16-9-7-15(8-10-16)19-25-18(17(22)12-30-19)11-14(3)31(28,29)26-21(4,5)6/h7-10,13,17-18,26H,3,11-12,22H2,1-2,4-6H3,(H2,23,24,27)/t17?,18-/m1/s1. The summed E-state index contributed by atoms with van der Waals surface area (Å²) in [7, 11) is -3.67. The lowest BCUT2D eigenvalue weighted by Gasteiger charge is -2.28. The van der Waals surface area contributed by atoms with Crippen molar-refractivity contribution in [2.24, 2.45) is 10.7 Å². The van der Waals surface area contributed by atoms with E-state index in [0.29, 0.717) is 11.4 Å². The molecule has 1 heterocycles. The number of hydrogen-bond acceptors (Lipinski definition) is 6. The lowest BCUT2D eigenvalue weighted by Crippen LogP contribution is -2.43. The second kappa shape index (κ2) is 10.2. The monoisotopic (exact) mass is 467 g/mol. The van der Waals surface area contributed by atoms with Crippen molar-refractivity contribution in [3.05, 3.63) is 41.3 Å². The Morgan fingerprint density at radius 1 is 1.29 bits per heavy atom. The zero-order valence-corrected chi connectivity index (χ0v) is 20.4. The van der Waals surface area contributed by atoms with Gasteiger partial charge < -0.3 is 16.4 Å². The molecule has 0 saturated heterocycles. The van der Waals surface area contributed by atoms with Crippen molar-refractivity contribution < 1.29 is 13.2 Å². The van der Waals surface area contributed by atoms with Gasteiger partial charge in [-0.1, -0.05) is 18.7 Å². The van der Waals surface area contributed by atoms with Gasteiger partial charge in [0.1, 0.15) is 0 Å². The third-order valence-electron chi connectivity index (χ3n) is 4.26. The van der Waals surface area contributed by atoms with Crippen LogP contribution in [0.2, 0.25) is 0 Å². The molecule has 1 aromatic carbocycles. The number of hydrogen-bond donors (Lipinski definition) is 4. The van der Waals surface area contributed by atoms with E-state index in [9.17, 15) is 13.2 Å². The number of urea groups is 1. The molecule has 0 aliphatic carbocycles. The third kappa shape index (κ3) is 7.95. The van der Waals surface area contributed by atoms with Crippen LogP contribution in [0.25, 0.3) is 0 Å². The first-order valence-corrected chi connectivity index (χ1v) is 12.6. The van der Waals surface area contributed by atoms with Crippen LogP contribution in [-0.2, 0) is 10.0 Å². The first-order valence-electron chi connectivity index (χ1n) is 10.1. The van der Waals surface area contributed by atoms with Crippen LogP contribution in [0.3, 0.4) is 0 Å². The molecule has 5 N–H and O–H groups in total. The van der Waals surface area contributed by atoms with E-state index in [4.69, 9.17) is 10.7 Å². The molecule has 1 aromatic rings. The maximum Gasteiger partial charge on any atom is 0.319 e. The molecular formula is C21H33N5O3S2. The van der Waals surface area contributed by atoms with Crippen molar-refractivity contribution in [3.63, 3.8) is 0 Å². The number of anilines is 1. The fraction of sp³-hybridized carbons (Fsp3) is 0.524. The molecule has 10 heteroatoms. The highest BCUT2D eigenvalue weighted by atomic mass is 32.2. The SMILES string of the molecule is C=C(C[C@H]1N=C(c2ccc(NC(=O)NC(C)C)cc2)SCC1N)S(=O)(=O)NC(C)(C)C. The van der Waals surface area contributed by atoms with Crippen molar-refractivity contribution >= 4 is 38.5 Å². The number of nitrogens with two attached hydrogens (primary N) is 1. The van der Waals surface area contributed by atoms with Crippen molar-refractivity contribution in [1.29, 1.82) is 0 Å². The molecule has 0 radical (unpaired) electrons. The predicted octanol–water partition coefficient (Wildman–Crippen LogP) is 3.03. The number of aliphatic imine (C=N–C) groups is 1. The van der Waals surface area contributed by atoms with Crippen molar-refractivity contribution in [2.75, 3.05) is 11.1 Å². The zero-order valence-electron chi connectivity index (χ0n) is 18.7. The van der Waals surface area contributed by atoms with Crippen molar-refractivity contribution in [3.8, 4) is 0 Å². The molecule has 0 bridgehead atoms. The van der Waals surface area contributed by atoms with Gasteiger partial charge >= 0.3 is 6.03 Å². The second-order valence-electron chi connectivity index (χ2n) is 8.91. The summed E-state index contributed by atoms with van der Waals surface area (Å²) in [6, 6.07) is 6.49. The Labute approximate surface area is 189 Å². The van der Waals surface area contributed by atoms with Gasteiger partial charge in [-0.05, 0) is 46.8 Å². The average Bonchev–Trinajstić information content (AvgIpc) is 2.61. The second-order valence-corrected chi connectivity index (χ2v) is 11.7. The lowest BCUT2D eigenvalue weighted by atomic mass is 10.1. The van der Waals surface area contributed by atoms with Crippen LogP contribution in [0.15, 0.2) is 40.7 Å². The van der Waals surface area contributed by atoms with Gasteiger partial charge in [0.2, 0.25) is 10.0 Å². The number of nitrogens with one attached hydrogen (secondary N) is 3. The van der Waals surface area contributed by atoms with E-state index in [1.54, 1.807) is 32.9 Å². The minimum Gasteiger partial charge on any atom is -0.336 e. The van der Waals surface area contributed by atoms with Crippen molar-refractivity contribution in [1.82, 2.24) is 10.0 Å². The van der Waals surface area contributed by atoms with Gasteiger partial charge in [0.15, 0.2) is 0 Å². The lowest BCUT2D eigenvalue weighted by molar-refractivity contribution is 0.250. The molecule has 8 nitrogen and oxygen atoms in total. The maximum atomic E-state index is 12.5. The molecule has 2 rings (SSSR count). The highest BCUT2D eigenvalue weighted by Crippen LogP contribution is 2.27. The molecule has 2 amide bonds. The fourth-order valence-corrected chi connectivity index (χ4v) is 5.29. The molecule has 1 aliphatic heterocycles. The number of benzene rings is 1. The molecule has 0 saturated carbocycles. The van der Waals surface area contributed by atoms with Gasteiger partial charge in [-0.3, -0.25) is 4.99 Å². The summed E-state index contributed by atoms with van der Waals surface area (Å²) in [4.78, 5) is 16.6. The summed E-state index contributed by atoms with van der Waals surface area (Å²) in [6.07, 6.45) is 0.158. The number of carbonyl (C=O) groups excluding carboxylic acids is 1. The Morgan fingerprint density at radius 3 is 2.45 bits per heavy atom. The number of sulfonamides is 1.